The third-order valence-electron chi connectivity index (χ3n) is 5.05. The van der Waals surface area contributed by atoms with Crippen molar-refractivity contribution >= 4 is 7.82 Å². The Hall–Kier alpha value is -0.770. The third-order valence-corrected chi connectivity index (χ3v) is 5.05. The average molecular weight is 457 g/mol. The molecule has 0 unspecified atom stereocenters. The molecule has 0 rings (SSSR count). The Morgan fingerprint density at radius 1 is 0.484 bits per heavy atom. The summed E-state index contributed by atoms with van der Waals surface area (Å²) in [7, 11) is -4.64. The normalized spacial score (nSPS) is 10.4. The Morgan fingerprint density at radius 2 is 0.710 bits per heavy atom. The average Bonchev–Trinajstić information content (AvgIpc) is 2.70. The van der Waals surface area contributed by atoms with E-state index in [1.54, 1.807) is 0 Å². The SMILES string of the molecule is CCCCCCCCCC#CC#CCCCCCCCCCCCCC.O=P(O)(O)O. The fourth-order valence-corrected chi connectivity index (χ4v) is 3.26. The van der Waals surface area contributed by atoms with Crippen LogP contribution in [0.2, 0.25) is 0 Å². The molecule has 31 heavy (non-hydrogen) atoms. The van der Waals surface area contributed by atoms with Crippen LogP contribution in [0, 0.1) is 23.7 Å². The van der Waals surface area contributed by atoms with Gasteiger partial charge in [0, 0.05) is 12.8 Å². The quantitative estimate of drug-likeness (QED) is 0.111. The van der Waals surface area contributed by atoms with Crippen LogP contribution >= 0.6 is 7.82 Å². The van der Waals surface area contributed by atoms with Gasteiger partial charge in [0.15, 0.2) is 0 Å². The van der Waals surface area contributed by atoms with E-state index >= 15 is 0 Å². The van der Waals surface area contributed by atoms with Gasteiger partial charge in [-0.1, -0.05) is 128 Å². The first-order valence-corrected chi connectivity index (χ1v) is 14.2. The second kappa shape index (κ2) is 27.3. The van der Waals surface area contributed by atoms with Crippen molar-refractivity contribution in [1.29, 1.82) is 0 Å². The molecule has 0 aromatic carbocycles. The predicted molar refractivity (Wildman–Crippen MR) is 134 cm³/mol. The van der Waals surface area contributed by atoms with Crippen molar-refractivity contribution in [3.05, 3.63) is 0 Å². The highest BCUT2D eigenvalue weighted by atomic mass is 31.2. The number of unbranched alkanes of at least 4 members (excludes halogenated alkanes) is 18. The molecule has 4 nitrogen and oxygen atoms in total. The van der Waals surface area contributed by atoms with Crippen LogP contribution in [0.3, 0.4) is 0 Å². The highest BCUT2D eigenvalue weighted by Gasteiger charge is 2.00. The second-order valence-electron chi connectivity index (χ2n) is 8.27. The summed E-state index contributed by atoms with van der Waals surface area (Å²) in [6, 6.07) is 0. The highest BCUT2D eigenvalue weighted by Crippen LogP contribution is 2.25. The zero-order chi connectivity index (χ0) is 23.5. The van der Waals surface area contributed by atoms with Crippen molar-refractivity contribution in [3.63, 3.8) is 0 Å². The lowest BCUT2D eigenvalue weighted by Gasteiger charge is -2.01. The van der Waals surface area contributed by atoms with Gasteiger partial charge in [0.1, 0.15) is 0 Å². The standard InChI is InChI=1S/C26H46.H3O4P/c1-3-5-7-9-11-13-15-17-19-21-23-25-26-24-22-20-18-16-14-12-10-8-6-4-2;1-5(2,3)4/h3-19,21,23,25H2,1-2H3;(H3,1,2,3,4). The maximum atomic E-state index is 8.88. The van der Waals surface area contributed by atoms with Gasteiger partial charge in [-0.15, -0.1) is 0 Å². The lowest BCUT2D eigenvalue weighted by molar-refractivity contribution is 0.275. The summed E-state index contributed by atoms with van der Waals surface area (Å²) in [5.41, 5.74) is 0. The minimum absolute atomic E-state index is 1.03. The van der Waals surface area contributed by atoms with E-state index in [1.165, 1.54) is 116 Å². The second-order valence-corrected chi connectivity index (χ2v) is 9.30. The van der Waals surface area contributed by atoms with Gasteiger partial charge < -0.3 is 14.7 Å². The molecule has 0 aliphatic heterocycles. The van der Waals surface area contributed by atoms with Crippen LogP contribution in [0.25, 0.3) is 0 Å². The number of phosphoric acid groups is 1. The lowest BCUT2D eigenvalue weighted by Crippen LogP contribution is -1.82. The van der Waals surface area contributed by atoms with Crippen LogP contribution in [0.15, 0.2) is 0 Å². The summed E-state index contributed by atoms with van der Waals surface area (Å²) in [6.07, 6.45) is 27.0. The summed E-state index contributed by atoms with van der Waals surface area (Å²) in [6.45, 7) is 4.56. The zero-order valence-corrected chi connectivity index (χ0v) is 21.2. The van der Waals surface area contributed by atoms with Gasteiger partial charge in [-0.2, -0.15) is 0 Å². The maximum absolute atomic E-state index is 8.88. The van der Waals surface area contributed by atoms with Crippen molar-refractivity contribution < 1.29 is 19.2 Å². The highest BCUT2D eigenvalue weighted by molar-refractivity contribution is 7.45. The molecule has 0 atom stereocenters. The molecule has 0 aromatic rings. The third kappa shape index (κ3) is 43.9. The van der Waals surface area contributed by atoms with Crippen LogP contribution in [0.1, 0.15) is 142 Å². The van der Waals surface area contributed by atoms with Crippen molar-refractivity contribution in [1.82, 2.24) is 0 Å². The summed E-state index contributed by atoms with van der Waals surface area (Å²) in [5.74, 6) is 12.5. The van der Waals surface area contributed by atoms with Gasteiger partial charge in [0.25, 0.3) is 0 Å². The van der Waals surface area contributed by atoms with E-state index in [4.69, 9.17) is 19.2 Å². The molecule has 0 heterocycles. The van der Waals surface area contributed by atoms with Gasteiger partial charge in [-0.05, 0) is 24.7 Å². The minimum atomic E-state index is -4.64. The molecule has 0 aromatic heterocycles. The lowest BCUT2D eigenvalue weighted by atomic mass is 10.1. The Labute approximate surface area is 193 Å². The fraction of sp³-hybridized carbons (Fsp3) is 0.846. The van der Waals surface area contributed by atoms with Crippen LogP contribution in [0.5, 0.6) is 0 Å². The van der Waals surface area contributed by atoms with Crippen LogP contribution in [0.4, 0.5) is 0 Å². The molecule has 182 valence electrons. The van der Waals surface area contributed by atoms with E-state index in [2.05, 4.69) is 37.5 Å². The molecule has 0 aliphatic rings. The summed E-state index contributed by atoms with van der Waals surface area (Å²) >= 11 is 0. The minimum Gasteiger partial charge on any atom is -0.303 e. The van der Waals surface area contributed by atoms with E-state index in [0.717, 1.165) is 12.8 Å². The Balaban J connectivity index is 0. The van der Waals surface area contributed by atoms with E-state index in [0.29, 0.717) is 0 Å². The molecule has 5 heteroatoms. The van der Waals surface area contributed by atoms with Crippen molar-refractivity contribution in [2.24, 2.45) is 0 Å². The van der Waals surface area contributed by atoms with Crippen LogP contribution < -0.4 is 0 Å². The molecule has 0 saturated carbocycles. The maximum Gasteiger partial charge on any atom is 0.466 e. The zero-order valence-electron chi connectivity index (χ0n) is 20.3. The number of rotatable bonds is 18. The molecule has 0 spiro atoms. The molecular weight excluding hydrogens is 407 g/mol. The van der Waals surface area contributed by atoms with E-state index in [1.807, 2.05) is 0 Å². The van der Waals surface area contributed by atoms with E-state index in [9.17, 15) is 0 Å². The summed E-state index contributed by atoms with van der Waals surface area (Å²) in [5, 5.41) is 0. The first-order chi connectivity index (χ1) is 14.9. The molecule has 0 radical (unpaired) electrons. The Bertz CT molecular complexity index is 511. The largest absolute Gasteiger partial charge is 0.466 e. The van der Waals surface area contributed by atoms with Gasteiger partial charge >= 0.3 is 7.82 Å². The van der Waals surface area contributed by atoms with Crippen molar-refractivity contribution in [3.8, 4) is 23.7 Å². The van der Waals surface area contributed by atoms with Gasteiger partial charge in [-0.25, -0.2) is 4.57 Å². The number of hydrogen-bond acceptors (Lipinski definition) is 1. The monoisotopic (exact) mass is 456 g/mol. The predicted octanol–water partition coefficient (Wildman–Crippen LogP) is 7.91. The van der Waals surface area contributed by atoms with E-state index in [-0.39, 0.29) is 0 Å². The van der Waals surface area contributed by atoms with Crippen molar-refractivity contribution in [2.45, 2.75) is 142 Å². The molecular formula is C26H49O4P. The molecule has 3 N–H and O–H groups in total. The number of hydrogen-bond donors (Lipinski definition) is 3. The molecule has 0 bridgehead atoms. The molecule has 0 amide bonds. The van der Waals surface area contributed by atoms with Crippen LogP contribution in [-0.4, -0.2) is 14.7 Å². The molecule has 0 saturated heterocycles. The fourth-order valence-electron chi connectivity index (χ4n) is 3.26. The van der Waals surface area contributed by atoms with Gasteiger partial charge in [-0.3, -0.25) is 0 Å². The summed E-state index contributed by atoms with van der Waals surface area (Å²) in [4.78, 5) is 21.6. The Morgan fingerprint density at radius 3 is 0.968 bits per heavy atom. The summed E-state index contributed by atoms with van der Waals surface area (Å²) < 4.78 is 8.88. The Kier molecular flexibility index (Phi) is 28.5. The first-order valence-electron chi connectivity index (χ1n) is 12.7. The van der Waals surface area contributed by atoms with Gasteiger partial charge in [0.2, 0.25) is 0 Å². The van der Waals surface area contributed by atoms with E-state index < -0.39 is 7.82 Å². The van der Waals surface area contributed by atoms with Gasteiger partial charge in [0.05, 0.1) is 0 Å². The van der Waals surface area contributed by atoms with Crippen LogP contribution in [-0.2, 0) is 4.57 Å². The topological polar surface area (TPSA) is 77.8 Å². The smallest absolute Gasteiger partial charge is 0.303 e. The van der Waals surface area contributed by atoms with Crippen molar-refractivity contribution in [2.75, 3.05) is 0 Å². The molecule has 0 aliphatic carbocycles. The molecule has 0 fully saturated rings. The first kappa shape index (κ1) is 32.4.